The molecule has 0 atom stereocenters. The van der Waals surface area contributed by atoms with E-state index >= 15 is 0 Å². The highest BCUT2D eigenvalue weighted by Crippen LogP contribution is 2.32. The van der Waals surface area contributed by atoms with Gasteiger partial charge in [-0.2, -0.15) is 0 Å². The monoisotopic (exact) mass is 295 g/mol. The van der Waals surface area contributed by atoms with Crippen LogP contribution in [0.3, 0.4) is 0 Å². The summed E-state index contributed by atoms with van der Waals surface area (Å²) in [7, 11) is 0. The van der Waals surface area contributed by atoms with Crippen molar-refractivity contribution in [2.45, 2.75) is 6.61 Å². The lowest BCUT2D eigenvalue weighted by atomic mass is 10.2. The van der Waals surface area contributed by atoms with E-state index in [0.717, 1.165) is 5.56 Å². The van der Waals surface area contributed by atoms with Crippen LogP contribution in [0.4, 0.5) is 0 Å². The fourth-order valence-corrected chi connectivity index (χ4v) is 2.18. The number of nitrogens with zero attached hydrogens (tertiary/aromatic N) is 1. The van der Waals surface area contributed by atoms with Crippen LogP contribution in [0, 0.1) is 0 Å². The van der Waals surface area contributed by atoms with Crippen LogP contribution in [-0.4, -0.2) is 11.4 Å². The predicted molar refractivity (Wildman–Crippen MR) is 76.6 cm³/mol. The molecule has 2 rings (SSSR count). The largest absolute Gasteiger partial charge is 0.487 e. The summed E-state index contributed by atoms with van der Waals surface area (Å²) in [5.41, 5.74) is 1.54. The molecule has 0 unspecified atom stereocenters. The van der Waals surface area contributed by atoms with Gasteiger partial charge in [0, 0.05) is 10.6 Å². The minimum atomic E-state index is 0.370. The Hall–Kier alpha value is -1.71. The van der Waals surface area contributed by atoms with Crippen molar-refractivity contribution in [2.75, 3.05) is 0 Å². The van der Waals surface area contributed by atoms with Crippen molar-refractivity contribution >= 4 is 29.4 Å². The van der Waals surface area contributed by atoms with Crippen molar-refractivity contribution in [3.8, 4) is 5.75 Å². The average Bonchev–Trinajstić information content (AvgIpc) is 2.39. The number of benzene rings is 2. The van der Waals surface area contributed by atoms with E-state index in [4.69, 9.17) is 33.1 Å². The number of ether oxygens (including phenoxy) is 1. The Kier molecular flexibility index (Phi) is 4.66. The van der Waals surface area contributed by atoms with Gasteiger partial charge in [0.05, 0.1) is 11.2 Å². The molecule has 0 aliphatic heterocycles. The summed E-state index contributed by atoms with van der Waals surface area (Å²) in [5.74, 6) is 0.438. The molecule has 1 N–H and O–H groups in total. The molecule has 0 heterocycles. The topological polar surface area (TPSA) is 41.8 Å². The molecule has 2 aromatic carbocycles. The summed E-state index contributed by atoms with van der Waals surface area (Å²) in [6.07, 6.45) is 1.23. The van der Waals surface area contributed by atoms with Crippen LogP contribution >= 0.6 is 23.2 Å². The first kappa shape index (κ1) is 13.7. The molecule has 0 radical (unpaired) electrons. The number of halogens is 2. The van der Waals surface area contributed by atoms with Gasteiger partial charge in [0.15, 0.2) is 0 Å². The second kappa shape index (κ2) is 6.45. The number of rotatable bonds is 4. The van der Waals surface area contributed by atoms with Crippen molar-refractivity contribution in [3.05, 3.63) is 63.6 Å². The molecule has 0 amide bonds. The van der Waals surface area contributed by atoms with E-state index < -0.39 is 0 Å². The fourth-order valence-electron chi connectivity index (χ4n) is 1.62. The highest BCUT2D eigenvalue weighted by Gasteiger charge is 2.10. The first-order valence-electron chi connectivity index (χ1n) is 5.54. The standard InChI is InChI=1S/C14H11Cl2NO2/c15-12-6-11(8-17-18)14(13(16)7-12)19-9-10-4-2-1-3-5-10/h1-8,18H,9H2/b17-8-. The van der Waals surface area contributed by atoms with Gasteiger partial charge >= 0.3 is 0 Å². The lowest BCUT2D eigenvalue weighted by Gasteiger charge is -2.11. The lowest BCUT2D eigenvalue weighted by Crippen LogP contribution is -1.99. The Morgan fingerprint density at radius 2 is 1.89 bits per heavy atom. The van der Waals surface area contributed by atoms with E-state index in [9.17, 15) is 0 Å². The molecular formula is C14H11Cl2NO2. The predicted octanol–water partition coefficient (Wildman–Crippen LogP) is 4.38. The lowest BCUT2D eigenvalue weighted by molar-refractivity contribution is 0.304. The fraction of sp³-hybridized carbons (Fsp3) is 0.0714. The van der Waals surface area contributed by atoms with Gasteiger partial charge in [0.1, 0.15) is 12.4 Å². The third-order valence-corrected chi connectivity index (χ3v) is 2.96. The van der Waals surface area contributed by atoms with Gasteiger partial charge in [-0.1, -0.05) is 58.7 Å². The maximum atomic E-state index is 8.64. The molecule has 0 saturated carbocycles. The zero-order valence-corrected chi connectivity index (χ0v) is 11.4. The zero-order valence-electron chi connectivity index (χ0n) is 9.88. The molecule has 19 heavy (non-hydrogen) atoms. The first-order chi connectivity index (χ1) is 9.20. The molecule has 0 fully saturated rings. The number of oxime groups is 1. The summed E-state index contributed by atoms with van der Waals surface area (Å²) in [5, 5.41) is 12.4. The molecular weight excluding hydrogens is 285 g/mol. The summed E-state index contributed by atoms with van der Waals surface area (Å²) in [6, 6.07) is 12.9. The van der Waals surface area contributed by atoms with Crippen LogP contribution in [-0.2, 0) is 6.61 Å². The van der Waals surface area contributed by atoms with Crippen LogP contribution < -0.4 is 4.74 Å². The maximum absolute atomic E-state index is 8.64. The van der Waals surface area contributed by atoms with Crippen LogP contribution in [0.15, 0.2) is 47.6 Å². The van der Waals surface area contributed by atoms with Crippen molar-refractivity contribution in [3.63, 3.8) is 0 Å². The normalized spacial score (nSPS) is 10.8. The second-order valence-electron chi connectivity index (χ2n) is 3.82. The highest BCUT2D eigenvalue weighted by molar-refractivity contribution is 6.36. The Balaban J connectivity index is 2.24. The van der Waals surface area contributed by atoms with Crippen LogP contribution in [0.25, 0.3) is 0 Å². The third-order valence-electron chi connectivity index (χ3n) is 2.46. The van der Waals surface area contributed by atoms with Gasteiger partial charge in [0.25, 0.3) is 0 Å². The van der Waals surface area contributed by atoms with Crippen molar-refractivity contribution in [2.24, 2.45) is 5.16 Å². The van der Waals surface area contributed by atoms with E-state index in [1.54, 1.807) is 12.1 Å². The highest BCUT2D eigenvalue weighted by atomic mass is 35.5. The van der Waals surface area contributed by atoms with Crippen molar-refractivity contribution < 1.29 is 9.94 Å². The molecule has 2 aromatic rings. The Labute approximate surface area is 121 Å². The Morgan fingerprint density at radius 3 is 2.58 bits per heavy atom. The smallest absolute Gasteiger partial charge is 0.147 e. The van der Waals surface area contributed by atoms with Gasteiger partial charge in [-0.05, 0) is 17.7 Å². The van der Waals surface area contributed by atoms with Crippen molar-refractivity contribution in [1.82, 2.24) is 0 Å². The summed E-state index contributed by atoms with van der Waals surface area (Å²) in [6.45, 7) is 0.370. The van der Waals surface area contributed by atoms with Gasteiger partial charge in [-0.15, -0.1) is 0 Å². The minimum absolute atomic E-state index is 0.370. The van der Waals surface area contributed by atoms with Crippen LogP contribution in [0.2, 0.25) is 10.0 Å². The third kappa shape index (κ3) is 3.63. The quantitative estimate of drug-likeness (QED) is 0.517. The molecule has 5 heteroatoms. The zero-order chi connectivity index (χ0) is 13.7. The molecule has 0 aliphatic rings. The molecule has 0 spiro atoms. The molecule has 98 valence electrons. The summed E-state index contributed by atoms with van der Waals surface area (Å²) < 4.78 is 5.67. The van der Waals surface area contributed by atoms with E-state index in [2.05, 4.69) is 5.16 Å². The maximum Gasteiger partial charge on any atom is 0.147 e. The van der Waals surface area contributed by atoms with Gasteiger partial charge in [-0.3, -0.25) is 0 Å². The molecule has 0 aliphatic carbocycles. The average molecular weight is 296 g/mol. The molecule has 3 nitrogen and oxygen atoms in total. The van der Waals surface area contributed by atoms with Gasteiger partial charge in [-0.25, -0.2) is 0 Å². The van der Waals surface area contributed by atoms with Gasteiger partial charge in [0.2, 0.25) is 0 Å². The molecule has 0 saturated heterocycles. The Morgan fingerprint density at radius 1 is 1.16 bits per heavy atom. The van der Waals surface area contributed by atoms with Crippen LogP contribution in [0.5, 0.6) is 5.75 Å². The van der Waals surface area contributed by atoms with E-state index in [1.165, 1.54) is 6.21 Å². The second-order valence-corrected chi connectivity index (χ2v) is 4.67. The van der Waals surface area contributed by atoms with Crippen LogP contribution in [0.1, 0.15) is 11.1 Å². The summed E-state index contributed by atoms with van der Waals surface area (Å²) >= 11 is 12.0. The van der Waals surface area contributed by atoms with Gasteiger partial charge < -0.3 is 9.94 Å². The van der Waals surface area contributed by atoms with E-state index in [-0.39, 0.29) is 0 Å². The summed E-state index contributed by atoms with van der Waals surface area (Å²) in [4.78, 5) is 0. The van der Waals surface area contributed by atoms with E-state index in [0.29, 0.717) is 28.0 Å². The van der Waals surface area contributed by atoms with E-state index in [1.807, 2.05) is 30.3 Å². The number of hydrogen-bond acceptors (Lipinski definition) is 3. The molecule has 0 bridgehead atoms. The minimum Gasteiger partial charge on any atom is -0.487 e. The molecule has 0 aromatic heterocycles. The van der Waals surface area contributed by atoms with Crippen molar-refractivity contribution in [1.29, 1.82) is 0 Å². The SMILES string of the molecule is O/N=C\c1cc(Cl)cc(Cl)c1OCc1ccccc1. The number of hydrogen-bond donors (Lipinski definition) is 1. The first-order valence-corrected chi connectivity index (χ1v) is 6.29. The Bertz CT molecular complexity index is 585.